The summed E-state index contributed by atoms with van der Waals surface area (Å²) in [6, 6.07) is 13.1. The highest BCUT2D eigenvalue weighted by Crippen LogP contribution is 2.42. The van der Waals surface area contributed by atoms with Gasteiger partial charge in [-0.3, -0.25) is 9.59 Å². The summed E-state index contributed by atoms with van der Waals surface area (Å²) >= 11 is 0. The minimum absolute atomic E-state index is 0.169. The van der Waals surface area contributed by atoms with Crippen molar-refractivity contribution in [1.82, 2.24) is 4.31 Å². The number of sulfonamides is 1. The summed E-state index contributed by atoms with van der Waals surface area (Å²) in [7, 11) is -3.61. The second-order valence-electron chi connectivity index (χ2n) is 8.54. The summed E-state index contributed by atoms with van der Waals surface area (Å²) in [4.78, 5) is 27.3. The predicted octanol–water partition coefficient (Wildman–Crippen LogP) is 2.61. The van der Waals surface area contributed by atoms with Gasteiger partial charge in [-0.25, -0.2) is 8.42 Å². The fraction of sp³-hybridized carbons (Fsp3) is 0.348. The number of nitrogens with zero attached hydrogens (tertiary/aromatic N) is 3. The first-order chi connectivity index (χ1) is 15.1. The summed E-state index contributed by atoms with van der Waals surface area (Å²) in [5.41, 5.74) is 1.17. The van der Waals surface area contributed by atoms with E-state index in [0.717, 1.165) is 12.8 Å². The highest BCUT2D eigenvalue weighted by atomic mass is 32.2. The topological polar surface area (TPSA) is 111 Å². The molecule has 166 valence electrons. The Hall–Kier alpha value is -3.22. The summed E-state index contributed by atoms with van der Waals surface area (Å²) in [6.45, 7) is 4.28. The summed E-state index contributed by atoms with van der Waals surface area (Å²) in [5.74, 6) is -0.654. The Morgan fingerprint density at radius 1 is 1.12 bits per heavy atom. The van der Waals surface area contributed by atoms with E-state index in [1.807, 2.05) is 6.07 Å². The van der Waals surface area contributed by atoms with Crippen LogP contribution in [0.5, 0.6) is 0 Å². The number of carbonyl (C=O) groups is 2. The molecular formula is C23H24N4O4S. The summed E-state index contributed by atoms with van der Waals surface area (Å²) in [5, 5.41) is 11.6. The number of nitriles is 1. The molecule has 0 atom stereocenters. The number of hydrogen-bond acceptors (Lipinski definition) is 5. The van der Waals surface area contributed by atoms with Crippen LogP contribution in [0.15, 0.2) is 47.4 Å². The van der Waals surface area contributed by atoms with Crippen LogP contribution in [-0.2, 0) is 25.0 Å². The van der Waals surface area contributed by atoms with Crippen molar-refractivity contribution in [3.63, 3.8) is 0 Å². The Labute approximate surface area is 187 Å². The van der Waals surface area contributed by atoms with Crippen LogP contribution in [0.1, 0.15) is 37.8 Å². The molecule has 9 heteroatoms. The molecule has 8 nitrogen and oxygen atoms in total. The summed E-state index contributed by atoms with van der Waals surface area (Å²) < 4.78 is 27.4. The van der Waals surface area contributed by atoms with Crippen LogP contribution >= 0.6 is 0 Å². The molecule has 2 heterocycles. The van der Waals surface area contributed by atoms with E-state index in [0.29, 0.717) is 35.6 Å². The van der Waals surface area contributed by atoms with Gasteiger partial charge in [-0.2, -0.15) is 9.57 Å². The van der Waals surface area contributed by atoms with E-state index in [-0.39, 0.29) is 23.3 Å². The monoisotopic (exact) mass is 452 g/mol. The van der Waals surface area contributed by atoms with Gasteiger partial charge in [0.1, 0.15) is 6.54 Å². The number of amides is 2. The molecule has 2 amide bonds. The minimum atomic E-state index is -3.61. The van der Waals surface area contributed by atoms with Crippen molar-refractivity contribution in [2.24, 2.45) is 0 Å². The maximum atomic E-state index is 13.1. The van der Waals surface area contributed by atoms with Crippen molar-refractivity contribution in [3.05, 3.63) is 53.6 Å². The fourth-order valence-electron chi connectivity index (χ4n) is 4.18. The third-order valence-corrected chi connectivity index (χ3v) is 7.91. The Bertz CT molecular complexity index is 1220. The summed E-state index contributed by atoms with van der Waals surface area (Å²) in [6.07, 6.45) is 1.69. The van der Waals surface area contributed by atoms with Gasteiger partial charge in [-0.15, -0.1) is 0 Å². The number of carbonyl (C=O) groups excluding carboxylic acids is 2. The minimum Gasteiger partial charge on any atom is -0.325 e. The molecule has 1 saturated heterocycles. The molecule has 2 aliphatic rings. The smallest absolute Gasteiger partial charge is 0.244 e. The van der Waals surface area contributed by atoms with Crippen LogP contribution in [0.2, 0.25) is 0 Å². The lowest BCUT2D eigenvalue weighted by Crippen LogP contribution is -2.40. The van der Waals surface area contributed by atoms with E-state index in [4.69, 9.17) is 5.26 Å². The number of nitrogens with one attached hydrogen (secondary N) is 1. The first-order valence-electron chi connectivity index (χ1n) is 10.4. The Morgan fingerprint density at radius 2 is 1.78 bits per heavy atom. The average Bonchev–Trinajstić information content (AvgIpc) is 3.38. The van der Waals surface area contributed by atoms with Crippen LogP contribution in [0.4, 0.5) is 11.4 Å². The molecule has 0 bridgehead atoms. The van der Waals surface area contributed by atoms with Gasteiger partial charge < -0.3 is 10.2 Å². The van der Waals surface area contributed by atoms with Gasteiger partial charge in [0, 0.05) is 24.5 Å². The number of rotatable bonds is 5. The molecule has 2 aromatic rings. The van der Waals surface area contributed by atoms with Crippen LogP contribution in [0, 0.1) is 11.3 Å². The molecule has 0 unspecified atom stereocenters. The normalized spacial score (nSPS) is 17.8. The highest BCUT2D eigenvalue weighted by Gasteiger charge is 2.45. The molecule has 0 aromatic heterocycles. The molecule has 1 N–H and O–H groups in total. The molecule has 2 aromatic carbocycles. The van der Waals surface area contributed by atoms with Crippen molar-refractivity contribution < 1.29 is 18.0 Å². The fourth-order valence-corrected chi connectivity index (χ4v) is 5.72. The van der Waals surface area contributed by atoms with Gasteiger partial charge in [-0.05, 0) is 74.7 Å². The Kier molecular flexibility index (Phi) is 5.53. The zero-order chi connectivity index (χ0) is 23.1. The van der Waals surface area contributed by atoms with E-state index in [2.05, 4.69) is 5.32 Å². The average molecular weight is 453 g/mol. The van der Waals surface area contributed by atoms with E-state index >= 15 is 0 Å². The highest BCUT2D eigenvalue weighted by molar-refractivity contribution is 7.89. The van der Waals surface area contributed by atoms with Gasteiger partial charge >= 0.3 is 0 Å². The maximum absolute atomic E-state index is 13.1. The largest absolute Gasteiger partial charge is 0.325 e. The van der Waals surface area contributed by atoms with Gasteiger partial charge in [0.05, 0.1) is 21.9 Å². The zero-order valence-electron chi connectivity index (χ0n) is 18.0. The second kappa shape index (κ2) is 8.04. The predicted molar refractivity (Wildman–Crippen MR) is 120 cm³/mol. The molecule has 0 aliphatic carbocycles. The first-order valence-corrected chi connectivity index (χ1v) is 11.9. The molecular weight excluding hydrogens is 428 g/mol. The molecule has 1 fully saturated rings. The van der Waals surface area contributed by atoms with Crippen LogP contribution < -0.4 is 10.2 Å². The standard InChI is InChI=1S/C23H24N4O4S/c1-23(2)19-13-18(32(30,31)26-11-3-4-12-26)9-10-20(19)27(22(23)29)15-21(28)25-17-7-5-16(14-24)6-8-17/h5-10,13H,3-4,11-12,15H2,1-2H3,(H,25,28). The molecule has 32 heavy (non-hydrogen) atoms. The molecule has 0 radical (unpaired) electrons. The van der Waals surface area contributed by atoms with Gasteiger partial charge in [-0.1, -0.05) is 0 Å². The first kappa shape index (κ1) is 22.0. The third kappa shape index (κ3) is 3.76. The molecule has 0 saturated carbocycles. The van der Waals surface area contributed by atoms with Crippen molar-refractivity contribution in [2.75, 3.05) is 29.9 Å². The SMILES string of the molecule is CC1(C)C(=O)N(CC(=O)Nc2ccc(C#N)cc2)c2ccc(S(=O)(=O)N3CCCC3)cc21. The lowest BCUT2D eigenvalue weighted by molar-refractivity contribution is -0.124. The van der Waals surface area contributed by atoms with Gasteiger partial charge in [0.25, 0.3) is 0 Å². The van der Waals surface area contributed by atoms with Crippen LogP contribution in [-0.4, -0.2) is 44.2 Å². The number of hydrogen-bond donors (Lipinski definition) is 1. The number of benzene rings is 2. The number of anilines is 2. The van der Waals surface area contributed by atoms with Crippen LogP contribution in [0.25, 0.3) is 0 Å². The van der Waals surface area contributed by atoms with Gasteiger partial charge in [0.15, 0.2) is 0 Å². The van der Waals surface area contributed by atoms with E-state index in [1.54, 1.807) is 50.2 Å². The Balaban J connectivity index is 1.59. The quantitative estimate of drug-likeness (QED) is 0.750. The van der Waals surface area contributed by atoms with Crippen molar-refractivity contribution in [1.29, 1.82) is 5.26 Å². The molecule has 2 aliphatic heterocycles. The van der Waals surface area contributed by atoms with Crippen molar-refractivity contribution in [2.45, 2.75) is 37.0 Å². The van der Waals surface area contributed by atoms with Crippen molar-refractivity contribution in [3.8, 4) is 6.07 Å². The van der Waals surface area contributed by atoms with Crippen LogP contribution in [0.3, 0.4) is 0 Å². The third-order valence-electron chi connectivity index (χ3n) is 6.01. The van der Waals surface area contributed by atoms with E-state index < -0.39 is 15.4 Å². The lowest BCUT2D eigenvalue weighted by atomic mass is 9.86. The molecule has 0 spiro atoms. The second-order valence-corrected chi connectivity index (χ2v) is 10.5. The van der Waals surface area contributed by atoms with E-state index in [9.17, 15) is 18.0 Å². The van der Waals surface area contributed by atoms with Crippen molar-refractivity contribution >= 4 is 33.2 Å². The zero-order valence-corrected chi connectivity index (χ0v) is 18.8. The number of fused-ring (bicyclic) bond motifs is 1. The van der Waals surface area contributed by atoms with Gasteiger partial charge in [0.2, 0.25) is 21.8 Å². The van der Waals surface area contributed by atoms with E-state index in [1.165, 1.54) is 15.3 Å². The maximum Gasteiger partial charge on any atom is 0.244 e. The lowest BCUT2D eigenvalue weighted by Gasteiger charge is -2.20. The molecule has 4 rings (SSSR count). The Morgan fingerprint density at radius 3 is 2.41 bits per heavy atom.